The Labute approximate surface area is 181 Å². The third kappa shape index (κ3) is 4.56. The molecule has 1 fully saturated rings. The molecule has 162 valence electrons. The van der Waals surface area contributed by atoms with Gasteiger partial charge >= 0.3 is 0 Å². The summed E-state index contributed by atoms with van der Waals surface area (Å²) in [5, 5.41) is 11.8. The molecule has 2 heterocycles. The number of aromatic nitrogens is 2. The number of rotatable bonds is 5. The van der Waals surface area contributed by atoms with Crippen molar-refractivity contribution in [3.8, 4) is 17.0 Å². The van der Waals surface area contributed by atoms with E-state index in [2.05, 4.69) is 36.3 Å². The van der Waals surface area contributed by atoms with Gasteiger partial charge in [-0.1, -0.05) is 29.8 Å². The summed E-state index contributed by atoms with van der Waals surface area (Å²) in [4.78, 5) is 15.2. The minimum absolute atomic E-state index is 0.157. The highest BCUT2D eigenvalue weighted by molar-refractivity contribution is 5.80. The molecule has 1 aliphatic rings. The molecule has 0 radical (unpaired) electrons. The molecule has 0 saturated carbocycles. The van der Waals surface area contributed by atoms with Crippen molar-refractivity contribution in [2.75, 3.05) is 33.4 Å². The number of hydrogen-bond donors (Lipinski definition) is 2. The molecular formula is C24H28N4O3. The number of H-pyrrole nitrogens is 1. The Morgan fingerprint density at radius 3 is 2.39 bits per heavy atom. The first-order valence-corrected chi connectivity index (χ1v) is 10.5. The minimum atomic E-state index is -0.172. The molecule has 2 N–H and O–H groups in total. The zero-order valence-corrected chi connectivity index (χ0v) is 18.0. The first-order chi connectivity index (χ1) is 15.1. The lowest BCUT2D eigenvalue weighted by Crippen LogP contribution is -2.46. The molecule has 0 atom stereocenters. The Balaban J connectivity index is 1.69. The van der Waals surface area contributed by atoms with E-state index in [1.807, 2.05) is 29.2 Å². The first-order valence-electron chi connectivity index (χ1n) is 10.5. The summed E-state index contributed by atoms with van der Waals surface area (Å²) in [5.74, 6) is 0.914. The predicted octanol–water partition coefficient (Wildman–Crippen LogP) is 3.06. The molecule has 3 aromatic rings. The molecule has 1 aliphatic heterocycles. The van der Waals surface area contributed by atoms with E-state index >= 15 is 0 Å². The lowest BCUT2D eigenvalue weighted by atomic mass is 10.0. The van der Waals surface area contributed by atoms with Crippen molar-refractivity contribution in [3.63, 3.8) is 0 Å². The van der Waals surface area contributed by atoms with Gasteiger partial charge in [0.2, 0.25) is 5.96 Å². The van der Waals surface area contributed by atoms with E-state index in [9.17, 15) is 4.79 Å². The summed E-state index contributed by atoms with van der Waals surface area (Å²) < 4.78 is 12.0. The third-order valence-electron chi connectivity index (χ3n) is 5.67. The lowest BCUT2D eigenvalue weighted by molar-refractivity contribution is 0.0659. The van der Waals surface area contributed by atoms with Crippen molar-refractivity contribution in [2.45, 2.75) is 19.8 Å². The zero-order valence-electron chi connectivity index (χ0n) is 18.0. The fourth-order valence-electron chi connectivity index (χ4n) is 3.79. The molecule has 31 heavy (non-hydrogen) atoms. The summed E-state index contributed by atoms with van der Waals surface area (Å²) in [7, 11) is 1.63. The smallest absolute Gasteiger partial charge is 0.277 e. The van der Waals surface area contributed by atoms with E-state index in [-0.39, 0.29) is 11.5 Å². The normalized spacial score (nSPS) is 13.9. The maximum atomic E-state index is 13.4. The highest BCUT2D eigenvalue weighted by Crippen LogP contribution is 2.24. The number of hydrogen-bond acceptors (Lipinski definition) is 4. The van der Waals surface area contributed by atoms with Crippen LogP contribution in [0.2, 0.25) is 0 Å². The number of nitrogens with zero attached hydrogens (tertiary/aromatic N) is 2. The fourth-order valence-corrected chi connectivity index (χ4v) is 3.79. The molecular weight excluding hydrogens is 392 g/mol. The van der Waals surface area contributed by atoms with Gasteiger partial charge in [-0.05, 0) is 49.6 Å². The van der Waals surface area contributed by atoms with Crippen LogP contribution in [-0.2, 0) is 17.6 Å². The van der Waals surface area contributed by atoms with Gasteiger partial charge in [0.15, 0.2) is 0 Å². The van der Waals surface area contributed by atoms with Crippen molar-refractivity contribution in [3.05, 3.63) is 75.6 Å². The number of aromatic amines is 1. The second kappa shape index (κ2) is 9.22. The van der Waals surface area contributed by atoms with E-state index in [1.54, 1.807) is 7.11 Å². The summed E-state index contributed by atoms with van der Waals surface area (Å²) in [5.41, 5.74) is 4.55. The van der Waals surface area contributed by atoms with Crippen LogP contribution in [0.1, 0.15) is 16.7 Å². The van der Waals surface area contributed by atoms with Gasteiger partial charge in [-0.25, -0.2) is 0 Å². The number of nitrogens with one attached hydrogen (secondary N) is 2. The van der Waals surface area contributed by atoms with Gasteiger partial charge in [-0.2, -0.15) is 4.68 Å². The van der Waals surface area contributed by atoms with Gasteiger partial charge in [0.1, 0.15) is 5.75 Å². The summed E-state index contributed by atoms with van der Waals surface area (Å²) >= 11 is 0. The van der Waals surface area contributed by atoms with Crippen LogP contribution >= 0.6 is 0 Å². The average molecular weight is 421 g/mol. The number of aryl methyl sites for hydroxylation is 2. The molecule has 4 rings (SSSR count). The number of benzene rings is 2. The highest BCUT2D eigenvalue weighted by atomic mass is 16.5. The summed E-state index contributed by atoms with van der Waals surface area (Å²) in [6.07, 6.45) is 1.34. The Hall–Kier alpha value is -3.32. The largest absolute Gasteiger partial charge is 0.497 e. The molecule has 0 spiro atoms. The fraction of sp³-hybridized carbons (Fsp3) is 0.333. The van der Waals surface area contributed by atoms with E-state index in [0.717, 1.165) is 23.4 Å². The van der Waals surface area contributed by atoms with Crippen LogP contribution in [-0.4, -0.2) is 54.1 Å². The topological polar surface area (TPSA) is 83.3 Å². The molecule has 0 unspecified atom stereocenters. The average Bonchev–Trinajstić information content (AvgIpc) is 3.15. The molecule has 7 nitrogen and oxygen atoms in total. The van der Waals surface area contributed by atoms with E-state index in [0.29, 0.717) is 38.3 Å². The van der Waals surface area contributed by atoms with E-state index in [1.165, 1.54) is 15.8 Å². The van der Waals surface area contributed by atoms with Crippen LogP contribution in [0, 0.1) is 12.3 Å². The van der Waals surface area contributed by atoms with Crippen molar-refractivity contribution in [1.29, 1.82) is 5.41 Å². The monoisotopic (exact) mass is 420 g/mol. The van der Waals surface area contributed by atoms with Gasteiger partial charge in [0.25, 0.3) is 5.56 Å². The van der Waals surface area contributed by atoms with E-state index < -0.39 is 0 Å². The second-order valence-electron chi connectivity index (χ2n) is 7.74. The van der Waals surface area contributed by atoms with Crippen molar-refractivity contribution in [1.82, 2.24) is 14.7 Å². The van der Waals surface area contributed by atoms with Crippen molar-refractivity contribution >= 4 is 5.96 Å². The minimum Gasteiger partial charge on any atom is -0.497 e. The van der Waals surface area contributed by atoms with Gasteiger partial charge < -0.3 is 14.4 Å². The Kier molecular flexibility index (Phi) is 6.23. The molecule has 1 saturated heterocycles. The quantitative estimate of drug-likeness (QED) is 0.491. The standard InChI is InChI=1S/C24H28N4O3/c1-17-3-5-18(6-4-17)7-12-21-22(19-8-10-20(30-2)11-9-19)26-28(23(21)29)24(25)27-13-15-31-16-14-27/h3-6,8-11,25-26H,7,12-16H2,1-2H3. The summed E-state index contributed by atoms with van der Waals surface area (Å²) in [6, 6.07) is 16.0. The van der Waals surface area contributed by atoms with Crippen LogP contribution in [0.3, 0.4) is 0 Å². The molecule has 7 heteroatoms. The molecule has 2 aromatic carbocycles. The maximum absolute atomic E-state index is 13.4. The van der Waals surface area contributed by atoms with Crippen molar-refractivity contribution < 1.29 is 9.47 Å². The SMILES string of the molecule is COc1ccc(-c2[nH]n(C(=N)N3CCOCC3)c(=O)c2CCc2ccc(C)cc2)cc1. The number of methoxy groups -OCH3 is 1. The Morgan fingerprint density at radius 1 is 1.06 bits per heavy atom. The second-order valence-corrected chi connectivity index (χ2v) is 7.74. The van der Waals surface area contributed by atoms with Gasteiger partial charge in [0.05, 0.1) is 26.0 Å². The van der Waals surface area contributed by atoms with Crippen LogP contribution in [0.5, 0.6) is 5.75 Å². The molecule has 0 bridgehead atoms. The van der Waals surface area contributed by atoms with Crippen molar-refractivity contribution in [2.24, 2.45) is 0 Å². The Morgan fingerprint density at radius 2 is 1.74 bits per heavy atom. The van der Waals surface area contributed by atoms with Crippen LogP contribution in [0.25, 0.3) is 11.3 Å². The Bertz CT molecular complexity index is 1090. The van der Waals surface area contributed by atoms with Gasteiger partial charge in [0, 0.05) is 24.2 Å². The molecule has 0 aliphatic carbocycles. The van der Waals surface area contributed by atoms with E-state index in [4.69, 9.17) is 14.9 Å². The molecule has 1 aromatic heterocycles. The highest BCUT2D eigenvalue weighted by Gasteiger charge is 2.22. The van der Waals surface area contributed by atoms with Gasteiger partial charge in [-0.15, -0.1) is 0 Å². The summed E-state index contributed by atoms with van der Waals surface area (Å²) in [6.45, 7) is 4.38. The van der Waals surface area contributed by atoms with Crippen LogP contribution in [0.4, 0.5) is 0 Å². The zero-order chi connectivity index (χ0) is 21.8. The predicted molar refractivity (Wildman–Crippen MR) is 121 cm³/mol. The number of morpholine rings is 1. The number of ether oxygens (including phenoxy) is 2. The molecule has 0 amide bonds. The first kappa shape index (κ1) is 20.9. The lowest BCUT2D eigenvalue weighted by Gasteiger charge is -2.28. The van der Waals surface area contributed by atoms with Crippen LogP contribution in [0.15, 0.2) is 53.3 Å². The van der Waals surface area contributed by atoms with Crippen LogP contribution < -0.4 is 10.3 Å². The third-order valence-corrected chi connectivity index (χ3v) is 5.67. The van der Waals surface area contributed by atoms with Gasteiger partial charge in [-0.3, -0.25) is 15.3 Å². The maximum Gasteiger partial charge on any atom is 0.277 e.